The maximum atomic E-state index is 13.2. The first-order valence-electron chi connectivity index (χ1n) is 4.84. The van der Waals surface area contributed by atoms with Gasteiger partial charge in [0.1, 0.15) is 0 Å². The Bertz CT molecular complexity index is 429. The van der Waals surface area contributed by atoms with E-state index >= 15 is 0 Å². The molecule has 7 heteroatoms. The summed E-state index contributed by atoms with van der Waals surface area (Å²) in [7, 11) is 0. The number of hydrogen-bond acceptors (Lipinski definition) is 3. The summed E-state index contributed by atoms with van der Waals surface area (Å²) >= 11 is 12.9. The first-order chi connectivity index (χ1) is 8.08. The second kappa shape index (κ2) is 5.44. The molecule has 1 unspecified atom stereocenters. The lowest BCUT2D eigenvalue weighted by atomic mass is 10.2. The Hall–Kier alpha value is -0.490. The van der Waals surface area contributed by atoms with Gasteiger partial charge in [-0.2, -0.15) is 0 Å². The Labute approximate surface area is 112 Å². The first-order valence-corrected chi connectivity index (χ1v) is 6.75. The van der Waals surface area contributed by atoms with Gasteiger partial charge in [-0.3, -0.25) is 10.1 Å². The Morgan fingerprint density at radius 3 is 2.65 bits per heavy atom. The number of rotatable bonds is 2. The molecule has 1 aromatic rings. The Morgan fingerprint density at radius 1 is 1.47 bits per heavy atom. The number of hydrogen-bond donors (Lipinski definition) is 2. The molecule has 0 saturated carbocycles. The van der Waals surface area contributed by atoms with E-state index in [0.717, 1.165) is 5.88 Å². The number of nitrogens with one attached hydrogen (secondary N) is 2. The standard InChI is InChI=1S/C10H9Cl2FN2OS/c11-6-1-5(2-7(12)9(6)13)15-10(16)8-3-17-4-14-8/h1-2,8,14H,3-4H2,(H,15,16). The number of benzene rings is 1. The van der Waals surface area contributed by atoms with Crippen LogP contribution in [0.1, 0.15) is 0 Å². The van der Waals surface area contributed by atoms with E-state index in [4.69, 9.17) is 23.2 Å². The molecule has 1 fully saturated rings. The molecule has 2 N–H and O–H groups in total. The number of amides is 1. The lowest BCUT2D eigenvalue weighted by Gasteiger charge is -2.11. The van der Waals surface area contributed by atoms with Crippen LogP contribution in [0.4, 0.5) is 10.1 Å². The average molecular weight is 295 g/mol. The fourth-order valence-electron chi connectivity index (χ4n) is 1.42. The summed E-state index contributed by atoms with van der Waals surface area (Å²) in [5, 5.41) is 5.45. The van der Waals surface area contributed by atoms with Gasteiger partial charge in [0, 0.05) is 17.3 Å². The largest absolute Gasteiger partial charge is 0.325 e. The highest BCUT2D eigenvalue weighted by Gasteiger charge is 2.22. The number of anilines is 1. The van der Waals surface area contributed by atoms with Crippen molar-refractivity contribution in [2.45, 2.75) is 6.04 Å². The molecule has 0 aliphatic carbocycles. The van der Waals surface area contributed by atoms with Crippen LogP contribution in [-0.4, -0.2) is 23.6 Å². The molecule has 1 aliphatic heterocycles. The van der Waals surface area contributed by atoms with Gasteiger partial charge in [0.05, 0.1) is 16.1 Å². The molecule has 0 bridgehead atoms. The van der Waals surface area contributed by atoms with Crippen LogP contribution in [0, 0.1) is 5.82 Å². The summed E-state index contributed by atoms with van der Waals surface area (Å²) in [6, 6.07) is 2.44. The minimum Gasteiger partial charge on any atom is -0.325 e. The van der Waals surface area contributed by atoms with Crippen LogP contribution < -0.4 is 10.6 Å². The van der Waals surface area contributed by atoms with E-state index in [1.54, 1.807) is 11.8 Å². The van der Waals surface area contributed by atoms with Crippen LogP contribution in [-0.2, 0) is 4.79 Å². The zero-order valence-corrected chi connectivity index (χ0v) is 10.9. The quantitative estimate of drug-likeness (QED) is 0.824. The van der Waals surface area contributed by atoms with E-state index in [0.29, 0.717) is 11.4 Å². The fraction of sp³-hybridized carbons (Fsp3) is 0.300. The van der Waals surface area contributed by atoms with E-state index in [-0.39, 0.29) is 22.0 Å². The molecule has 92 valence electrons. The maximum Gasteiger partial charge on any atom is 0.242 e. The fourth-order valence-corrected chi connectivity index (χ4v) is 2.85. The Balaban J connectivity index is 2.10. The van der Waals surface area contributed by atoms with E-state index in [9.17, 15) is 9.18 Å². The minimum absolute atomic E-state index is 0.110. The second-order valence-corrected chi connectivity index (χ2v) is 5.36. The molecule has 0 radical (unpaired) electrons. The van der Waals surface area contributed by atoms with Crippen molar-refractivity contribution in [3.63, 3.8) is 0 Å². The van der Waals surface area contributed by atoms with Crippen molar-refractivity contribution < 1.29 is 9.18 Å². The van der Waals surface area contributed by atoms with Gasteiger partial charge in [-0.15, -0.1) is 11.8 Å². The van der Waals surface area contributed by atoms with Crippen molar-refractivity contribution >= 4 is 46.6 Å². The summed E-state index contributed by atoms with van der Waals surface area (Å²) < 4.78 is 13.2. The average Bonchev–Trinajstić information content (AvgIpc) is 2.79. The van der Waals surface area contributed by atoms with Gasteiger partial charge in [-0.05, 0) is 12.1 Å². The van der Waals surface area contributed by atoms with Gasteiger partial charge in [-0.25, -0.2) is 4.39 Å². The molecule has 1 heterocycles. The summed E-state index contributed by atoms with van der Waals surface area (Å²) in [4.78, 5) is 11.8. The zero-order chi connectivity index (χ0) is 12.4. The SMILES string of the molecule is O=C(Nc1cc(Cl)c(F)c(Cl)c1)C1CSCN1. The predicted molar refractivity (Wildman–Crippen MR) is 69.3 cm³/mol. The summed E-state index contributed by atoms with van der Waals surface area (Å²) in [6.45, 7) is 0. The first kappa shape index (κ1) is 13.0. The highest BCUT2D eigenvalue weighted by Crippen LogP contribution is 2.27. The molecule has 0 spiro atoms. The van der Waals surface area contributed by atoms with Crippen molar-refractivity contribution in [2.75, 3.05) is 16.9 Å². The molecule has 1 amide bonds. The van der Waals surface area contributed by atoms with Crippen LogP contribution in [0.25, 0.3) is 0 Å². The van der Waals surface area contributed by atoms with Gasteiger partial charge in [0.25, 0.3) is 0 Å². The van der Waals surface area contributed by atoms with E-state index < -0.39 is 5.82 Å². The van der Waals surface area contributed by atoms with Crippen molar-refractivity contribution in [2.24, 2.45) is 0 Å². The van der Waals surface area contributed by atoms with E-state index in [2.05, 4.69) is 10.6 Å². The molecule has 1 atom stereocenters. The molecule has 1 aromatic carbocycles. The van der Waals surface area contributed by atoms with Gasteiger partial charge >= 0.3 is 0 Å². The maximum absolute atomic E-state index is 13.2. The van der Waals surface area contributed by atoms with Crippen LogP contribution in [0.15, 0.2) is 12.1 Å². The van der Waals surface area contributed by atoms with Crippen LogP contribution in [0.2, 0.25) is 10.0 Å². The van der Waals surface area contributed by atoms with Crippen LogP contribution in [0.5, 0.6) is 0 Å². The second-order valence-electron chi connectivity index (χ2n) is 3.51. The Morgan fingerprint density at radius 2 is 2.12 bits per heavy atom. The molecular weight excluding hydrogens is 286 g/mol. The molecule has 0 aromatic heterocycles. The van der Waals surface area contributed by atoms with Gasteiger partial charge < -0.3 is 5.32 Å². The third kappa shape index (κ3) is 3.04. The van der Waals surface area contributed by atoms with E-state index in [1.807, 2.05) is 0 Å². The lowest BCUT2D eigenvalue weighted by Crippen LogP contribution is -2.37. The van der Waals surface area contributed by atoms with Gasteiger partial charge in [0.15, 0.2) is 5.82 Å². The van der Waals surface area contributed by atoms with E-state index in [1.165, 1.54) is 12.1 Å². The van der Waals surface area contributed by atoms with Gasteiger partial charge in [-0.1, -0.05) is 23.2 Å². The highest BCUT2D eigenvalue weighted by atomic mass is 35.5. The monoisotopic (exact) mass is 294 g/mol. The predicted octanol–water partition coefficient (Wildman–Crippen LogP) is 2.73. The molecule has 3 nitrogen and oxygen atoms in total. The van der Waals surface area contributed by atoms with Crippen molar-refractivity contribution in [1.29, 1.82) is 0 Å². The lowest BCUT2D eigenvalue weighted by molar-refractivity contribution is -0.117. The molecule has 17 heavy (non-hydrogen) atoms. The number of halogens is 3. The smallest absolute Gasteiger partial charge is 0.242 e. The zero-order valence-electron chi connectivity index (χ0n) is 8.60. The highest BCUT2D eigenvalue weighted by molar-refractivity contribution is 7.99. The third-order valence-electron chi connectivity index (χ3n) is 2.28. The summed E-state index contributed by atoms with van der Waals surface area (Å²) in [6.07, 6.45) is 0. The Kier molecular flexibility index (Phi) is 4.14. The number of carbonyl (C=O) groups is 1. The molecular formula is C10H9Cl2FN2OS. The van der Waals surface area contributed by atoms with Crippen LogP contribution in [0.3, 0.4) is 0 Å². The molecule has 1 aliphatic rings. The summed E-state index contributed by atoms with van der Waals surface area (Å²) in [5.41, 5.74) is 0.394. The topological polar surface area (TPSA) is 41.1 Å². The molecule has 1 saturated heterocycles. The van der Waals surface area contributed by atoms with Crippen molar-refractivity contribution in [3.8, 4) is 0 Å². The number of thioether (sulfide) groups is 1. The normalized spacial score (nSPS) is 19.4. The number of carbonyl (C=O) groups excluding carboxylic acids is 1. The van der Waals surface area contributed by atoms with Crippen molar-refractivity contribution in [3.05, 3.63) is 28.0 Å². The third-order valence-corrected chi connectivity index (χ3v) is 3.77. The van der Waals surface area contributed by atoms with Gasteiger partial charge in [0.2, 0.25) is 5.91 Å². The van der Waals surface area contributed by atoms with Crippen LogP contribution >= 0.6 is 35.0 Å². The minimum atomic E-state index is -0.680. The summed E-state index contributed by atoms with van der Waals surface area (Å²) in [5.74, 6) is 0.618. The van der Waals surface area contributed by atoms with Crippen molar-refractivity contribution in [1.82, 2.24) is 5.32 Å². The molecule has 2 rings (SSSR count).